The predicted molar refractivity (Wildman–Crippen MR) is 59.0 cm³/mol. The van der Waals surface area contributed by atoms with Gasteiger partial charge >= 0.3 is 0 Å². The summed E-state index contributed by atoms with van der Waals surface area (Å²) >= 11 is 0. The molecule has 0 aromatic carbocycles. The largest absolute Gasteiger partial charge is 0.393 e. The molecule has 0 radical (unpaired) electrons. The van der Waals surface area contributed by atoms with Gasteiger partial charge in [-0.1, -0.05) is 31.9 Å². The first kappa shape index (κ1) is 10.2. The van der Waals surface area contributed by atoms with Crippen LogP contribution in [0.4, 0.5) is 0 Å². The smallest absolute Gasteiger partial charge is 0.0577 e. The number of rotatable bonds is 5. The van der Waals surface area contributed by atoms with E-state index >= 15 is 0 Å². The first-order valence-electron chi connectivity index (χ1n) is 6.19. The highest BCUT2D eigenvalue weighted by molar-refractivity contribution is 5.14. The Hall–Kier alpha value is -0.300. The van der Waals surface area contributed by atoms with Crippen molar-refractivity contribution < 1.29 is 5.11 Å². The van der Waals surface area contributed by atoms with Gasteiger partial charge in [-0.25, -0.2) is 0 Å². The summed E-state index contributed by atoms with van der Waals surface area (Å²) < 4.78 is 0. The van der Waals surface area contributed by atoms with Crippen molar-refractivity contribution in [3.05, 3.63) is 12.2 Å². The zero-order valence-electron chi connectivity index (χ0n) is 9.15. The number of unbranched alkanes of at least 4 members (excludes halogenated alkanes) is 3. The van der Waals surface area contributed by atoms with E-state index in [9.17, 15) is 5.11 Å². The molecular formula is C13H22O. The maximum atomic E-state index is 9.62. The zero-order chi connectivity index (χ0) is 9.97. The van der Waals surface area contributed by atoms with Gasteiger partial charge in [0.25, 0.3) is 0 Å². The highest BCUT2D eigenvalue weighted by Gasteiger charge is 2.55. The van der Waals surface area contributed by atoms with Crippen molar-refractivity contribution >= 4 is 0 Å². The van der Waals surface area contributed by atoms with E-state index in [1.165, 1.54) is 32.1 Å². The van der Waals surface area contributed by atoms with Gasteiger partial charge in [0.15, 0.2) is 0 Å². The molecule has 4 atom stereocenters. The minimum atomic E-state index is 0.0188. The SMILES string of the molecule is CCCCCC=CC1C2CCC(O)C12. The first-order chi connectivity index (χ1) is 6.84. The van der Waals surface area contributed by atoms with Crippen LogP contribution in [0.15, 0.2) is 12.2 Å². The van der Waals surface area contributed by atoms with Crippen LogP contribution in [0.25, 0.3) is 0 Å². The number of aliphatic hydroxyl groups excluding tert-OH is 1. The van der Waals surface area contributed by atoms with Crippen molar-refractivity contribution in [1.82, 2.24) is 0 Å². The minimum absolute atomic E-state index is 0.0188. The van der Waals surface area contributed by atoms with Gasteiger partial charge in [0.05, 0.1) is 6.10 Å². The Bertz CT molecular complexity index is 209. The summed E-state index contributed by atoms with van der Waals surface area (Å²) in [6.07, 6.45) is 12.3. The van der Waals surface area contributed by atoms with Crippen molar-refractivity contribution in [3.63, 3.8) is 0 Å². The van der Waals surface area contributed by atoms with E-state index in [0.717, 1.165) is 18.3 Å². The second-order valence-electron chi connectivity index (χ2n) is 4.89. The molecule has 0 aliphatic heterocycles. The third-order valence-electron chi connectivity index (χ3n) is 3.87. The van der Waals surface area contributed by atoms with Crippen LogP contribution in [0, 0.1) is 17.8 Å². The van der Waals surface area contributed by atoms with E-state index in [1.54, 1.807) is 0 Å². The highest BCUT2D eigenvalue weighted by atomic mass is 16.3. The number of hydrogen-bond acceptors (Lipinski definition) is 1. The molecule has 2 saturated carbocycles. The van der Waals surface area contributed by atoms with Gasteiger partial charge in [-0.3, -0.25) is 0 Å². The Kier molecular flexibility index (Phi) is 3.27. The molecule has 0 heterocycles. The molecule has 0 spiro atoms. The van der Waals surface area contributed by atoms with Crippen molar-refractivity contribution in [2.45, 2.75) is 51.6 Å². The molecular weight excluding hydrogens is 172 g/mol. The Morgan fingerprint density at radius 1 is 1.29 bits per heavy atom. The topological polar surface area (TPSA) is 20.2 Å². The summed E-state index contributed by atoms with van der Waals surface area (Å²) in [5, 5.41) is 9.62. The van der Waals surface area contributed by atoms with Crippen molar-refractivity contribution in [2.75, 3.05) is 0 Å². The number of aliphatic hydroxyl groups is 1. The van der Waals surface area contributed by atoms with Crippen LogP contribution >= 0.6 is 0 Å². The van der Waals surface area contributed by atoms with Gasteiger partial charge in [0.2, 0.25) is 0 Å². The summed E-state index contributed by atoms with van der Waals surface area (Å²) in [7, 11) is 0. The Morgan fingerprint density at radius 2 is 2.14 bits per heavy atom. The van der Waals surface area contributed by atoms with Gasteiger partial charge in [-0.2, -0.15) is 0 Å². The second kappa shape index (κ2) is 4.48. The zero-order valence-corrected chi connectivity index (χ0v) is 9.15. The van der Waals surface area contributed by atoms with Crippen LogP contribution in [0.2, 0.25) is 0 Å². The van der Waals surface area contributed by atoms with E-state index in [4.69, 9.17) is 0 Å². The lowest BCUT2D eigenvalue weighted by molar-refractivity contribution is 0.154. The fraction of sp³-hybridized carbons (Fsp3) is 0.846. The van der Waals surface area contributed by atoms with Crippen LogP contribution in [0.5, 0.6) is 0 Å². The lowest BCUT2D eigenvalue weighted by atomic mass is 10.1. The normalized spacial score (nSPS) is 40.4. The summed E-state index contributed by atoms with van der Waals surface area (Å²) in [6, 6.07) is 0. The third-order valence-corrected chi connectivity index (χ3v) is 3.87. The molecule has 2 aliphatic carbocycles. The van der Waals surface area contributed by atoms with Crippen molar-refractivity contribution in [3.8, 4) is 0 Å². The van der Waals surface area contributed by atoms with Gasteiger partial charge in [-0.05, 0) is 43.4 Å². The molecule has 2 rings (SSSR count). The lowest BCUT2D eigenvalue weighted by Gasteiger charge is -2.03. The summed E-state index contributed by atoms with van der Waals surface area (Å²) in [6.45, 7) is 2.24. The quantitative estimate of drug-likeness (QED) is 0.526. The molecule has 4 unspecified atom stereocenters. The molecule has 2 aliphatic rings. The number of allylic oxidation sites excluding steroid dienone is 2. The van der Waals surface area contributed by atoms with E-state index < -0.39 is 0 Å². The van der Waals surface area contributed by atoms with Gasteiger partial charge in [-0.15, -0.1) is 0 Å². The van der Waals surface area contributed by atoms with E-state index in [0.29, 0.717) is 5.92 Å². The Morgan fingerprint density at radius 3 is 2.79 bits per heavy atom. The third kappa shape index (κ3) is 2.03. The van der Waals surface area contributed by atoms with Crippen LogP contribution in [0.3, 0.4) is 0 Å². The van der Waals surface area contributed by atoms with Crippen molar-refractivity contribution in [1.29, 1.82) is 0 Å². The average Bonchev–Trinajstić information content (AvgIpc) is 2.75. The van der Waals surface area contributed by atoms with Crippen LogP contribution in [-0.4, -0.2) is 11.2 Å². The van der Waals surface area contributed by atoms with Gasteiger partial charge in [0.1, 0.15) is 0 Å². The molecule has 0 bridgehead atoms. The molecule has 0 aromatic rings. The number of hydrogen-bond donors (Lipinski definition) is 1. The van der Waals surface area contributed by atoms with E-state index in [-0.39, 0.29) is 6.10 Å². The lowest BCUT2D eigenvalue weighted by Crippen LogP contribution is -2.06. The average molecular weight is 194 g/mol. The van der Waals surface area contributed by atoms with Gasteiger partial charge < -0.3 is 5.11 Å². The summed E-state index contributed by atoms with van der Waals surface area (Å²) in [4.78, 5) is 0. The van der Waals surface area contributed by atoms with Crippen molar-refractivity contribution in [2.24, 2.45) is 17.8 Å². The van der Waals surface area contributed by atoms with Gasteiger partial charge in [0, 0.05) is 0 Å². The Labute approximate surface area is 87.2 Å². The van der Waals surface area contributed by atoms with Crippen LogP contribution in [-0.2, 0) is 0 Å². The maximum absolute atomic E-state index is 9.62. The molecule has 0 amide bonds. The molecule has 1 heteroatoms. The van der Waals surface area contributed by atoms with E-state index in [2.05, 4.69) is 19.1 Å². The minimum Gasteiger partial charge on any atom is -0.393 e. The Balaban J connectivity index is 1.63. The fourth-order valence-corrected chi connectivity index (χ4v) is 2.95. The van der Waals surface area contributed by atoms with E-state index in [1.807, 2.05) is 0 Å². The maximum Gasteiger partial charge on any atom is 0.0577 e. The molecule has 1 nitrogen and oxygen atoms in total. The molecule has 80 valence electrons. The predicted octanol–water partition coefficient (Wildman–Crippen LogP) is 3.14. The molecule has 14 heavy (non-hydrogen) atoms. The molecule has 1 N–H and O–H groups in total. The molecule has 2 fully saturated rings. The fourth-order valence-electron chi connectivity index (χ4n) is 2.95. The molecule has 0 aromatic heterocycles. The first-order valence-corrected chi connectivity index (χ1v) is 6.19. The summed E-state index contributed by atoms with van der Waals surface area (Å²) in [5.74, 6) is 2.21. The number of fused-ring (bicyclic) bond motifs is 1. The van der Waals surface area contributed by atoms with Crippen LogP contribution < -0.4 is 0 Å². The molecule has 0 saturated heterocycles. The highest BCUT2D eigenvalue weighted by Crippen LogP contribution is 2.58. The second-order valence-corrected chi connectivity index (χ2v) is 4.89. The van der Waals surface area contributed by atoms with Crippen LogP contribution in [0.1, 0.15) is 45.4 Å². The standard InChI is InChI=1S/C13H22O/c1-2-3-4-5-6-7-10-11-8-9-12(14)13(10)11/h6-7,10-14H,2-5,8-9H2,1H3. The summed E-state index contributed by atoms with van der Waals surface area (Å²) in [5.41, 5.74) is 0. The monoisotopic (exact) mass is 194 g/mol.